The van der Waals surface area contributed by atoms with E-state index in [1.165, 1.54) is 43.5 Å². The van der Waals surface area contributed by atoms with Crippen molar-refractivity contribution in [2.24, 2.45) is 0 Å². The number of phenols is 1. The van der Waals surface area contributed by atoms with E-state index in [0.717, 1.165) is 0 Å². The van der Waals surface area contributed by atoms with Gasteiger partial charge in [0.05, 0.1) is 18.6 Å². The third kappa shape index (κ3) is 5.21. The van der Waals surface area contributed by atoms with E-state index in [1.54, 1.807) is 19.1 Å². The Morgan fingerprint density at radius 2 is 1.73 bits per heavy atom. The molecule has 0 aliphatic rings. The van der Waals surface area contributed by atoms with Crippen LogP contribution in [0.2, 0.25) is 0 Å². The van der Waals surface area contributed by atoms with Gasteiger partial charge < -0.3 is 14.6 Å². The lowest BCUT2D eigenvalue weighted by Gasteiger charge is -2.18. The SMILES string of the molecule is CCOC(=O)[C@H](Cc1ccc(O)cc1)NS(=O)(=O)c1ccc(OC)cc1. The van der Waals surface area contributed by atoms with E-state index in [4.69, 9.17) is 9.47 Å². The van der Waals surface area contributed by atoms with Crippen molar-refractivity contribution in [3.63, 3.8) is 0 Å². The number of nitrogens with one attached hydrogen (secondary N) is 1. The van der Waals surface area contributed by atoms with Crippen LogP contribution < -0.4 is 9.46 Å². The maximum atomic E-state index is 12.6. The lowest BCUT2D eigenvalue weighted by molar-refractivity contribution is -0.145. The standard InChI is InChI=1S/C18H21NO6S/c1-3-25-18(21)17(12-13-4-6-14(20)7-5-13)19-26(22,23)16-10-8-15(24-2)9-11-16/h4-11,17,19-20H,3,12H2,1-2H3/t17-/m0/s1. The topological polar surface area (TPSA) is 102 Å². The molecule has 0 saturated heterocycles. The Hall–Kier alpha value is -2.58. The van der Waals surface area contributed by atoms with E-state index in [0.29, 0.717) is 11.3 Å². The molecule has 0 amide bonds. The maximum absolute atomic E-state index is 12.6. The minimum Gasteiger partial charge on any atom is -0.508 e. The number of carbonyl (C=O) groups is 1. The molecule has 0 aliphatic carbocycles. The fourth-order valence-electron chi connectivity index (χ4n) is 2.29. The first-order valence-corrected chi connectivity index (χ1v) is 9.45. The normalized spacial score (nSPS) is 12.4. The molecule has 0 aliphatic heterocycles. The van der Waals surface area contributed by atoms with Crippen molar-refractivity contribution in [1.82, 2.24) is 4.72 Å². The number of sulfonamides is 1. The summed E-state index contributed by atoms with van der Waals surface area (Å²) < 4.78 is 37.6. The Balaban J connectivity index is 2.23. The molecule has 0 saturated carbocycles. The Bertz CT molecular complexity index is 831. The first-order valence-electron chi connectivity index (χ1n) is 7.96. The fourth-order valence-corrected chi connectivity index (χ4v) is 3.48. The molecule has 2 rings (SSSR count). The molecule has 0 radical (unpaired) electrons. The molecule has 2 aromatic carbocycles. The number of carbonyl (C=O) groups excluding carboxylic acids is 1. The third-order valence-corrected chi connectivity index (χ3v) is 5.10. The first-order chi connectivity index (χ1) is 12.4. The summed E-state index contributed by atoms with van der Waals surface area (Å²) in [4.78, 5) is 12.2. The van der Waals surface area contributed by atoms with Gasteiger partial charge in [-0.3, -0.25) is 4.79 Å². The summed E-state index contributed by atoms with van der Waals surface area (Å²) in [6.07, 6.45) is 0.0918. The van der Waals surface area contributed by atoms with Crippen molar-refractivity contribution in [2.45, 2.75) is 24.3 Å². The number of hydrogen-bond donors (Lipinski definition) is 2. The van der Waals surface area contributed by atoms with Gasteiger partial charge in [-0.1, -0.05) is 12.1 Å². The van der Waals surface area contributed by atoms with Gasteiger partial charge in [0, 0.05) is 0 Å². The number of ether oxygens (including phenoxy) is 2. The molecule has 140 valence electrons. The van der Waals surface area contributed by atoms with Crippen molar-refractivity contribution < 1.29 is 27.8 Å². The third-order valence-electron chi connectivity index (χ3n) is 3.61. The highest BCUT2D eigenvalue weighted by Crippen LogP contribution is 2.17. The molecular formula is C18H21NO6S. The summed E-state index contributed by atoms with van der Waals surface area (Å²) in [5.74, 6) is -0.0621. The molecule has 1 atom stereocenters. The van der Waals surface area contributed by atoms with Crippen LogP contribution in [0.1, 0.15) is 12.5 Å². The summed E-state index contributed by atoms with van der Waals surface area (Å²) in [5, 5.41) is 9.35. The van der Waals surface area contributed by atoms with Crippen molar-refractivity contribution >= 4 is 16.0 Å². The van der Waals surface area contributed by atoms with E-state index < -0.39 is 22.0 Å². The molecule has 0 fully saturated rings. The molecule has 2 aromatic rings. The second-order valence-electron chi connectivity index (χ2n) is 5.47. The van der Waals surface area contributed by atoms with Crippen LogP contribution in [0.15, 0.2) is 53.4 Å². The quantitative estimate of drug-likeness (QED) is 0.679. The van der Waals surface area contributed by atoms with E-state index in [1.807, 2.05) is 0 Å². The number of hydrogen-bond acceptors (Lipinski definition) is 6. The maximum Gasteiger partial charge on any atom is 0.324 e. The Morgan fingerprint density at radius 3 is 2.27 bits per heavy atom. The highest BCUT2D eigenvalue weighted by Gasteiger charge is 2.27. The summed E-state index contributed by atoms with van der Waals surface area (Å²) in [6, 6.07) is 10.9. The highest BCUT2D eigenvalue weighted by atomic mass is 32.2. The second-order valence-corrected chi connectivity index (χ2v) is 7.19. The molecule has 8 heteroatoms. The van der Waals surface area contributed by atoms with E-state index in [-0.39, 0.29) is 23.7 Å². The van der Waals surface area contributed by atoms with Crippen LogP contribution in [0, 0.1) is 0 Å². The number of rotatable bonds is 8. The molecule has 7 nitrogen and oxygen atoms in total. The van der Waals surface area contributed by atoms with Crippen molar-refractivity contribution in [3.05, 3.63) is 54.1 Å². The minimum absolute atomic E-state index is 0.0123. The first kappa shape index (κ1) is 19.7. The lowest BCUT2D eigenvalue weighted by atomic mass is 10.1. The number of benzene rings is 2. The Kier molecular flexibility index (Phi) is 6.59. The summed E-state index contributed by atoms with van der Waals surface area (Å²) in [6.45, 7) is 1.78. The minimum atomic E-state index is -3.93. The van der Waals surface area contributed by atoms with Crippen LogP contribution in [0.5, 0.6) is 11.5 Å². The van der Waals surface area contributed by atoms with Gasteiger partial charge in [0.1, 0.15) is 17.5 Å². The largest absolute Gasteiger partial charge is 0.508 e. The average Bonchev–Trinajstić information content (AvgIpc) is 2.63. The molecule has 0 bridgehead atoms. The lowest BCUT2D eigenvalue weighted by Crippen LogP contribution is -2.43. The van der Waals surface area contributed by atoms with Crippen LogP contribution in [0.25, 0.3) is 0 Å². The van der Waals surface area contributed by atoms with Crippen LogP contribution in [-0.2, 0) is 26.0 Å². The zero-order chi connectivity index (χ0) is 19.2. The van der Waals surface area contributed by atoms with Gasteiger partial charge in [-0.25, -0.2) is 8.42 Å². The summed E-state index contributed by atoms with van der Waals surface area (Å²) in [7, 11) is -2.45. The number of methoxy groups -OCH3 is 1. The molecule has 26 heavy (non-hydrogen) atoms. The molecule has 0 aromatic heterocycles. The van der Waals surface area contributed by atoms with E-state index in [2.05, 4.69) is 4.72 Å². The smallest absolute Gasteiger partial charge is 0.324 e. The van der Waals surface area contributed by atoms with Crippen molar-refractivity contribution in [3.8, 4) is 11.5 Å². The summed E-state index contributed by atoms with van der Waals surface area (Å²) in [5.41, 5.74) is 0.679. The monoisotopic (exact) mass is 379 g/mol. The summed E-state index contributed by atoms with van der Waals surface area (Å²) >= 11 is 0. The predicted octanol–water partition coefficient (Wildman–Crippen LogP) is 1.85. The Labute approximate surface area is 152 Å². The molecule has 0 unspecified atom stereocenters. The second kappa shape index (κ2) is 8.68. The van der Waals surface area contributed by atoms with Gasteiger partial charge >= 0.3 is 5.97 Å². The van der Waals surface area contributed by atoms with Gasteiger partial charge in [-0.2, -0.15) is 4.72 Å². The van der Waals surface area contributed by atoms with Gasteiger partial charge in [0.2, 0.25) is 10.0 Å². The highest BCUT2D eigenvalue weighted by molar-refractivity contribution is 7.89. The Morgan fingerprint density at radius 1 is 1.12 bits per heavy atom. The zero-order valence-corrected chi connectivity index (χ0v) is 15.3. The van der Waals surface area contributed by atoms with Crippen LogP contribution >= 0.6 is 0 Å². The van der Waals surface area contributed by atoms with E-state index in [9.17, 15) is 18.3 Å². The van der Waals surface area contributed by atoms with Crippen LogP contribution in [0.4, 0.5) is 0 Å². The van der Waals surface area contributed by atoms with Crippen LogP contribution in [0.3, 0.4) is 0 Å². The van der Waals surface area contributed by atoms with E-state index >= 15 is 0 Å². The fraction of sp³-hybridized carbons (Fsp3) is 0.278. The number of phenolic OH excluding ortho intramolecular Hbond substituents is 1. The predicted molar refractivity (Wildman–Crippen MR) is 95.5 cm³/mol. The molecule has 0 spiro atoms. The van der Waals surface area contributed by atoms with Gasteiger partial charge in [0.15, 0.2) is 0 Å². The van der Waals surface area contributed by atoms with Gasteiger partial charge in [-0.05, 0) is 55.3 Å². The van der Waals surface area contributed by atoms with Gasteiger partial charge in [0.25, 0.3) is 0 Å². The van der Waals surface area contributed by atoms with Crippen LogP contribution in [-0.4, -0.2) is 39.3 Å². The molecule has 2 N–H and O–H groups in total. The van der Waals surface area contributed by atoms with Crippen molar-refractivity contribution in [2.75, 3.05) is 13.7 Å². The van der Waals surface area contributed by atoms with Crippen molar-refractivity contribution in [1.29, 1.82) is 0 Å². The number of aromatic hydroxyl groups is 1. The number of esters is 1. The average molecular weight is 379 g/mol. The zero-order valence-electron chi connectivity index (χ0n) is 14.5. The molecule has 0 heterocycles. The molecular weight excluding hydrogens is 358 g/mol. The van der Waals surface area contributed by atoms with Gasteiger partial charge in [-0.15, -0.1) is 0 Å².